The normalized spacial score (nSPS) is 11.8. The lowest BCUT2D eigenvalue weighted by atomic mass is 10.2. The SMILES string of the molecule is CN=C(NCCCc1cnn(C)c1)NCc1c(C)nn(C)c1C. The molecule has 126 valence electrons. The molecule has 0 fully saturated rings. The number of hydrogen-bond acceptors (Lipinski definition) is 3. The molecule has 2 aromatic rings. The molecule has 7 nitrogen and oxygen atoms in total. The van der Waals surface area contributed by atoms with E-state index in [2.05, 4.69) is 38.9 Å². The zero-order chi connectivity index (χ0) is 16.8. The molecule has 2 N–H and O–H groups in total. The quantitative estimate of drug-likeness (QED) is 0.475. The van der Waals surface area contributed by atoms with Crippen molar-refractivity contribution in [3.8, 4) is 0 Å². The van der Waals surface area contributed by atoms with Crippen LogP contribution in [-0.2, 0) is 27.1 Å². The topological polar surface area (TPSA) is 72.1 Å². The van der Waals surface area contributed by atoms with Gasteiger partial charge in [0.25, 0.3) is 0 Å². The highest BCUT2D eigenvalue weighted by molar-refractivity contribution is 5.79. The van der Waals surface area contributed by atoms with Crippen LogP contribution in [0.25, 0.3) is 0 Å². The molecule has 23 heavy (non-hydrogen) atoms. The molecule has 7 heteroatoms. The fraction of sp³-hybridized carbons (Fsp3) is 0.562. The molecule has 0 bridgehead atoms. The fourth-order valence-corrected chi connectivity index (χ4v) is 2.57. The number of aryl methyl sites for hydroxylation is 4. The van der Waals surface area contributed by atoms with Crippen LogP contribution in [0.3, 0.4) is 0 Å². The van der Waals surface area contributed by atoms with Crippen LogP contribution in [0.4, 0.5) is 0 Å². The zero-order valence-corrected chi connectivity index (χ0v) is 14.7. The predicted molar refractivity (Wildman–Crippen MR) is 92.4 cm³/mol. The van der Waals surface area contributed by atoms with Gasteiger partial charge in [-0.25, -0.2) is 0 Å². The number of aliphatic imine (C=N–C) groups is 1. The van der Waals surface area contributed by atoms with Crippen LogP contribution < -0.4 is 10.6 Å². The number of aromatic nitrogens is 4. The summed E-state index contributed by atoms with van der Waals surface area (Å²) in [6.45, 7) is 5.72. The van der Waals surface area contributed by atoms with Gasteiger partial charge in [0, 0.05) is 51.7 Å². The first-order chi connectivity index (χ1) is 11.0. The lowest BCUT2D eigenvalue weighted by Crippen LogP contribution is -2.37. The maximum Gasteiger partial charge on any atom is 0.191 e. The van der Waals surface area contributed by atoms with Crippen LogP contribution in [0.5, 0.6) is 0 Å². The minimum Gasteiger partial charge on any atom is -0.356 e. The van der Waals surface area contributed by atoms with Gasteiger partial charge in [0.1, 0.15) is 0 Å². The maximum atomic E-state index is 4.43. The Hall–Kier alpha value is -2.31. The van der Waals surface area contributed by atoms with Crippen LogP contribution in [0, 0.1) is 13.8 Å². The van der Waals surface area contributed by atoms with Crippen molar-refractivity contribution in [3.63, 3.8) is 0 Å². The van der Waals surface area contributed by atoms with Crippen molar-refractivity contribution in [2.45, 2.75) is 33.2 Å². The zero-order valence-electron chi connectivity index (χ0n) is 14.7. The van der Waals surface area contributed by atoms with E-state index in [4.69, 9.17) is 0 Å². The summed E-state index contributed by atoms with van der Waals surface area (Å²) in [7, 11) is 5.70. The molecule has 0 aliphatic rings. The third-order valence-electron chi connectivity index (χ3n) is 4.01. The van der Waals surface area contributed by atoms with Gasteiger partial charge in [-0.3, -0.25) is 14.4 Å². The van der Waals surface area contributed by atoms with Gasteiger partial charge in [0.05, 0.1) is 11.9 Å². The van der Waals surface area contributed by atoms with E-state index in [9.17, 15) is 0 Å². The van der Waals surface area contributed by atoms with E-state index >= 15 is 0 Å². The van der Waals surface area contributed by atoms with Crippen molar-refractivity contribution in [1.29, 1.82) is 0 Å². The summed E-state index contributed by atoms with van der Waals surface area (Å²) < 4.78 is 3.75. The molecule has 0 saturated carbocycles. The summed E-state index contributed by atoms with van der Waals surface area (Å²) in [5.74, 6) is 0.818. The lowest BCUT2D eigenvalue weighted by molar-refractivity contribution is 0.726. The Bertz CT molecular complexity index is 666. The number of hydrogen-bond donors (Lipinski definition) is 2. The molecule has 0 spiro atoms. The third kappa shape index (κ3) is 4.58. The van der Waals surface area contributed by atoms with Gasteiger partial charge in [-0.1, -0.05) is 0 Å². The van der Waals surface area contributed by atoms with Gasteiger partial charge in [-0.15, -0.1) is 0 Å². The Labute approximate surface area is 137 Å². The highest BCUT2D eigenvalue weighted by atomic mass is 15.3. The van der Waals surface area contributed by atoms with E-state index in [0.717, 1.165) is 37.6 Å². The highest BCUT2D eigenvalue weighted by Crippen LogP contribution is 2.10. The van der Waals surface area contributed by atoms with E-state index in [1.165, 1.54) is 16.8 Å². The summed E-state index contributed by atoms with van der Waals surface area (Å²) in [5, 5.41) is 15.3. The maximum absolute atomic E-state index is 4.43. The van der Waals surface area contributed by atoms with E-state index in [0.29, 0.717) is 0 Å². The number of nitrogens with zero attached hydrogens (tertiary/aromatic N) is 5. The number of guanidine groups is 1. The lowest BCUT2D eigenvalue weighted by Gasteiger charge is -2.12. The van der Waals surface area contributed by atoms with Crippen LogP contribution in [0.1, 0.15) is 28.9 Å². The van der Waals surface area contributed by atoms with Crippen molar-refractivity contribution in [3.05, 3.63) is 34.9 Å². The summed E-state index contributed by atoms with van der Waals surface area (Å²) in [5.41, 5.74) is 4.73. The van der Waals surface area contributed by atoms with Crippen molar-refractivity contribution in [1.82, 2.24) is 30.2 Å². The van der Waals surface area contributed by atoms with E-state index in [1.807, 2.05) is 36.6 Å². The second-order valence-electron chi connectivity index (χ2n) is 5.75. The minimum absolute atomic E-state index is 0.730. The first-order valence-corrected chi connectivity index (χ1v) is 7.92. The summed E-state index contributed by atoms with van der Waals surface area (Å²) >= 11 is 0. The van der Waals surface area contributed by atoms with Crippen molar-refractivity contribution >= 4 is 5.96 Å². The molecule has 0 amide bonds. The van der Waals surface area contributed by atoms with Gasteiger partial charge in [-0.05, 0) is 32.3 Å². The van der Waals surface area contributed by atoms with Crippen LogP contribution in [-0.4, -0.2) is 39.1 Å². The van der Waals surface area contributed by atoms with Crippen molar-refractivity contribution in [2.75, 3.05) is 13.6 Å². The molecule has 0 aliphatic heterocycles. The largest absolute Gasteiger partial charge is 0.356 e. The van der Waals surface area contributed by atoms with Crippen LogP contribution >= 0.6 is 0 Å². The Balaban J connectivity index is 1.75. The fourth-order valence-electron chi connectivity index (χ4n) is 2.57. The Morgan fingerprint density at radius 3 is 2.61 bits per heavy atom. The molecule has 0 unspecified atom stereocenters. The average Bonchev–Trinajstić information content (AvgIpc) is 3.03. The molecule has 2 rings (SSSR count). The van der Waals surface area contributed by atoms with Gasteiger partial charge in [0.15, 0.2) is 5.96 Å². The molecular weight excluding hydrogens is 290 g/mol. The summed E-state index contributed by atoms with van der Waals surface area (Å²) in [4.78, 5) is 4.27. The summed E-state index contributed by atoms with van der Waals surface area (Å²) in [6, 6.07) is 0. The number of nitrogens with one attached hydrogen (secondary N) is 2. The number of rotatable bonds is 6. The van der Waals surface area contributed by atoms with E-state index in [1.54, 1.807) is 7.05 Å². The van der Waals surface area contributed by atoms with Crippen LogP contribution in [0.2, 0.25) is 0 Å². The van der Waals surface area contributed by atoms with Gasteiger partial charge >= 0.3 is 0 Å². The van der Waals surface area contributed by atoms with Crippen LogP contribution in [0.15, 0.2) is 17.4 Å². The Morgan fingerprint density at radius 2 is 2.04 bits per heavy atom. The average molecular weight is 317 g/mol. The monoisotopic (exact) mass is 317 g/mol. The molecular formula is C16H27N7. The molecule has 0 saturated heterocycles. The molecule has 0 atom stereocenters. The first-order valence-electron chi connectivity index (χ1n) is 7.92. The minimum atomic E-state index is 0.730. The predicted octanol–water partition coefficient (Wildman–Crippen LogP) is 1.07. The Morgan fingerprint density at radius 1 is 1.26 bits per heavy atom. The highest BCUT2D eigenvalue weighted by Gasteiger charge is 2.09. The molecule has 2 heterocycles. The molecule has 0 aromatic carbocycles. The standard InChI is InChI=1S/C16H27N7/c1-12-15(13(2)23(5)21-12)10-19-16(17-3)18-8-6-7-14-9-20-22(4)11-14/h9,11H,6-8,10H2,1-5H3,(H2,17,18,19). The van der Waals surface area contributed by atoms with E-state index in [-0.39, 0.29) is 0 Å². The van der Waals surface area contributed by atoms with Gasteiger partial charge in [0.2, 0.25) is 0 Å². The molecule has 0 radical (unpaired) electrons. The van der Waals surface area contributed by atoms with Crippen molar-refractivity contribution in [2.24, 2.45) is 19.1 Å². The second-order valence-corrected chi connectivity index (χ2v) is 5.75. The molecule has 0 aliphatic carbocycles. The Kier molecular flexibility index (Phi) is 5.78. The van der Waals surface area contributed by atoms with Gasteiger partial charge < -0.3 is 10.6 Å². The smallest absolute Gasteiger partial charge is 0.191 e. The first kappa shape index (κ1) is 17.1. The second kappa shape index (κ2) is 7.80. The van der Waals surface area contributed by atoms with Crippen molar-refractivity contribution < 1.29 is 0 Å². The molecule has 2 aromatic heterocycles. The van der Waals surface area contributed by atoms with E-state index < -0.39 is 0 Å². The third-order valence-corrected chi connectivity index (χ3v) is 4.01. The van der Waals surface area contributed by atoms with Gasteiger partial charge in [-0.2, -0.15) is 10.2 Å². The summed E-state index contributed by atoms with van der Waals surface area (Å²) in [6.07, 6.45) is 6.03.